The second kappa shape index (κ2) is 3.56. The molecular formula is C12H16N4. The van der Waals surface area contributed by atoms with Gasteiger partial charge in [-0.15, -0.1) is 5.10 Å². The lowest BCUT2D eigenvalue weighted by Crippen LogP contribution is -2.17. The molecule has 1 aliphatic rings. The number of nitrogens with zero attached hydrogens (tertiary/aromatic N) is 3. The molecule has 1 saturated carbocycles. The van der Waals surface area contributed by atoms with Crippen LogP contribution in [0.1, 0.15) is 31.4 Å². The largest absolute Gasteiger partial charge is 0.328 e. The Hall–Kier alpha value is -1.42. The van der Waals surface area contributed by atoms with E-state index in [1.165, 1.54) is 18.4 Å². The number of rotatable bonds is 3. The highest BCUT2D eigenvalue weighted by Crippen LogP contribution is 2.36. The average molecular weight is 216 g/mol. The van der Waals surface area contributed by atoms with Crippen LogP contribution in [0.25, 0.3) is 11.0 Å². The van der Waals surface area contributed by atoms with Crippen LogP contribution in [0.5, 0.6) is 0 Å². The maximum absolute atomic E-state index is 5.79. The van der Waals surface area contributed by atoms with Gasteiger partial charge >= 0.3 is 0 Å². The minimum Gasteiger partial charge on any atom is -0.328 e. The summed E-state index contributed by atoms with van der Waals surface area (Å²) in [5, 5.41) is 8.43. The van der Waals surface area contributed by atoms with Crippen molar-refractivity contribution in [3.8, 4) is 0 Å². The molecule has 1 aliphatic carbocycles. The molecule has 2 N–H and O–H groups in total. The van der Waals surface area contributed by atoms with E-state index in [9.17, 15) is 0 Å². The normalized spacial score (nSPS) is 17.9. The Morgan fingerprint density at radius 2 is 2.31 bits per heavy atom. The first-order chi connectivity index (χ1) is 7.74. The number of aromatic nitrogens is 3. The molecule has 0 saturated heterocycles. The van der Waals surface area contributed by atoms with E-state index in [4.69, 9.17) is 5.73 Å². The maximum Gasteiger partial charge on any atom is 0.113 e. The molecule has 0 radical (unpaired) electrons. The van der Waals surface area contributed by atoms with Crippen molar-refractivity contribution in [3.63, 3.8) is 0 Å². The second-order valence-electron chi connectivity index (χ2n) is 4.77. The van der Waals surface area contributed by atoms with Crippen LogP contribution in [0.2, 0.25) is 0 Å². The number of hydrogen-bond acceptors (Lipinski definition) is 3. The van der Waals surface area contributed by atoms with Crippen molar-refractivity contribution in [1.29, 1.82) is 0 Å². The minimum atomic E-state index is 0.191. The monoisotopic (exact) mass is 216 g/mol. The van der Waals surface area contributed by atoms with Gasteiger partial charge in [-0.25, -0.2) is 4.68 Å². The fourth-order valence-corrected chi connectivity index (χ4v) is 2.07. The smallest absolute Gasteiger partial charge is 0.113 e. The summed E-state index contributed by atoms with van der Waals surface area (Å²) < 4.78 is 2.05. The van der Waals surface area contributed by atoms with Crippen molar-refractivity contribution in [1.82, 2.24) is 15.0 Å². The first-order valence-corrected chi connectivity index (χ1v) is 5.83. The standard InChI is InChI=1S/C12H16N4/c1-8(13)6-9-2-5-12-11(7-9)14-15-16(12)10-3-4-10/h2,5,7-8,10H,3-4,6,13H2,1H3. The van der Waals surface area contributed by atoms with Crippen LogP contribution in [-0.4, -0.2) is 21.0 Å². The molecule has 1 heterocycles. The molecule has 16 heavy (non-hydrogen) atoms. The minimum absolute atomic E-state index is 0.191. The highest BCUT2D eigenvalue weighted by molar-refractivity contribution is 5.75. The molecule has 1 fully saturated rings. The quantitative estimate of drug-likeness (QED) is 0.848. The van der Waals surface area contributed by atoms with Gasteiger partial charge in [0, 0.05) is 6.04 Å². The number of nitrogens with two attached hydrogens (primary N) is 1. The van der Waals surface area contributed by atoms with Crippen LogP contribution in [-0.2, 0) is 6.42 Å². The fraction of sp³-hybridized carbons (Fsp3) is 0.500. The van der Waals surface area contributed by atoms with E-state index in [1.54, 1.807) is 0 Å². The summed E-state index contributed by atoms with van der Waals surface area (Å²) in [7, 11) is 0. The van der Waals surface area contributed by atoms with E-state index >= 15 is 0 Å². The Balaban J connectivity index is 1.99. The van der Waals surface area contributed by atoms with E-state index in [0.717, 1.165) is 17.5 Å². The van der Waals surface area contributed by atoms with E-state index in [0.29, 0.717) is 6.04 Å². The lowest BCUT2D eigenvalue weighted by molar-refractivity contribution is 0.630. The highest BCUT2D eigenvalue weighted by atomic mass is 15.4. The summed E-state index contributed by atoms with van der Waals surface area (Å²) in [5.41, 5.74) is 9.17. The zero-order valence-electron chi connectivity index (χ0n) is 9.43. The summed E-state index contributed by atoms with van der Waals surface area (Å²) >= 11 is 0. The molecule has 84 valence electrons. The van der Waals surface area contributed by atoms with Crippen molar-refractivity contribution >= 4 is 11.0 Å². The summed E-state index contributed by atoms with van der Waals surface area (Å²) in [4.78, 5) is 0. The van der Waals surface area contributed by atoms with Crippen LogP contribution in [0, 0.1) is 0 Å². The SMILES string of the molecule is CC(N)Cc1ccc2c(c1)nnn2C1CC1. The molecule has 1 aromatic heterocycles. The Morgan fingerprint density at radius 1 is 1.50 bits per heavy atom. The lowest BCUT2D eigenvalue weighted by Gasteiger charge is -2.04. The molecule has 1 atom stereocenters. The number of benzene rings is 1. The van der Waals surface area contributed by atoms with Gasteiger partial charge in [0.05, 0.1) is 11.6 Å². The molecule has 0 bridgehead atoms. The summed E-state index contributed by atoms with van der Waals surface area (Å²) in [6, 6.07) is 7.13. The molecule has 2 aromatic rings. The van der Waals surface area contributed by atoms with E-state index in [-0.39, 0.29) is 6.04 Å². The van der Waals surface area contributed by atoms with Gasteiger partial charge in [0.15, 0.2) is 0 Å². The maximum atomic E-state index is 5.79. The third kappa shape index (κ3) is 1.69. The Morgan fingerprint density at radius 3 is 3.00 bits per heavy atom. The van der Waals surface area contributed by atoms with Crippen LogP contribution in [0.15, 0.2) is 18.2 Å². The zero-order chi connectivity index (χ0) is 11.1. The molecule has 3 rings (SSSR count). The Kier molecular flexibility index (Phi) is 2.17. The summed E-state index contributed by atoms with van der Waals surface area (Å²) in [5.74, 6) is 0. The predicted molar refractivity (Wildman–Crippen MR) is 63.2 cm³/mol. The van der Waals surface area contributed by atoms with Crippen LogP contribution < -0.4 is 5.73 Å². The molecule has 0 aliphatic heterocycles. The van der Waals surface area contributed by atoms with E-state index in [2.05, 4.69) is 28.5 Å². The molecule has 0 amide bonds. The summed E-state index contributed by atoms with van der Waals surface area (Å²) in [6.07, 6.45) is 3.37. The van der Waals surface area contributed by atoms with Crippen LogP contribution in [0.3, 0.4) is 0 Å². The molecule has 0 spiro atoms. The van der Waals surface area contributed by atoms with Crippen molar-refractivity contribution in [2.75, 3.05) is 0 Å². The van der Waals surface area contributed by atoms with Gasteiger partial charge in [-0.1, -0.05) is 11.3 Å². The lowest BCUT2D eigenvalue weighted by atomic mass is 10.1. The van der Waals surface area contributed by atoms with Crippen molar-refractivity contribution in [3.05, 3.63) is 23.8 Å². The first-order valence-electron chi connectivity index (χ1n) is 5.83. The highest BCUT2D eigenvalue weighted by Gasteiger charge is 2.26. The van der Waals surface area contributed by atoms with Gasteiger partial charge in [-0.2, -0.15) is 0 Å². The van der Waals surface area contributed by atoms with Crippen molar-refractivity contribution in [2.24, 2.45) is 5.73 Å². The second-order valence-corrected chi connectivity index (χ2v) is 4.77. The third-order valence-electron chi connectivity index (χ3n) is 2.99. The fourth-order valence-electron chi connectivity index (χ4n) is 2.07. The van der Waals surface area contributed by atoms with Gasteiger partial charge in [0.1, 0.15) is 5.52 Å². The van der Waals surface area contributed by atoms with Gasteiger partial charge in [0.25, 0.3) is 0 Å². The van der Waals surface area contributed by atoms with Gasteiger partial charge in [-0.3, -0.25) is 0 Å². The van der Waals surface area contributed by atoms with Crippen LogP contribution in [0.4, 0.5) is 0 Å². The molecule has 4 heteroatoms. The van der Waals surface area contributed by atoms with Gasteiger partial charge < -0.3 is 5.73 Å². The summed E-state index contributed by atoms with van der Waals surface area (Å²) in [6.45, 7) is 2.02. The zero-order valence-corrected chi connectivity index (χ0v) is 9.43. The Bertz CT molecular complexity index is 511. The Labute approximate surface area is 94.4 Å². The van der Waals surface area contributed by atoms with E-state index < -0.39 is 0 Å². The third-order valence-corrected chi connectivity index (χ3v) is 2.99. The van der Waals surface area contributed by atoms with Crippen LogP contribution >= 0.6 is 0 Å². The molecule has 4 nitrogen and oxygen atoms in total. The number of fused-ring (bicyclic) bond motifs is 1. The van der Waals surface area contributed by atoms with Crippen molar-refractivity contribution < 1.29 is 0 Å². The van der Waals surface area contributed by atoms with E-state index in [1.807, 2.05) is 11.6 Å². The topological polar surface area (TPSA) is 56.7 Å². The van der Waals surface area contributed by atoms with Gasteiger partial charge in [0.2, 0.25) is 0 Å². The van der Waals surface area contributed by atoms with Crippen molar-refractivity contribution in [2.45, 2.75) is 38.3 Å². The van der Waals surface area contributed by atoms with Gasteiger partial charge in [-0.05, 0) is 43.9 Å². The predicted octanol–water partition coefficient (Wildman–Crippen LogP) is 1.66. The number of hydrogen-bond donors (Lipinski definition) is 1. The first kappa shape index (κ1) is 9.78. The average Bonchev–Trinajstić information content (AvgIpc) is 2.98. The molecule has 1 unspecified atom stereocenters. The molecular weight excluding hydrogens is 200 g/mol. The molecule has 1 aromatic carbocycles.